The van der Waals surface area contributed by atoms with E-state index in [1.165, 1.54) is 12.8 Å². The van der Waals surface area contributed by atoms with Crippen molar-refractivity contribution in [3.05, 3.63) is 30.1 Å². The SMILES string of the molecule is O=C(c1ccccn1)N1CCC(N2CC(OCC3CC3)C23CCOCC3)CC1. The molecule has 1 aromatic heterocycles. The van der Waals surface area contributed by atoms with Crippen LogP contribution >= 0.6 is 0 Å². The minimum Gasteiger partial charge on any atom is -0.381 e. The normalized spacial score (nSPS) is 28.3. The van der Waals surface area contributed by atoms with Gasteiger partial charge < -0.3 is 14.4 Å². The second kappa shape index (κ2) is 7.73. The maximum absolute atomic E-state index is 12.7. The lowest BCUT2D eigenvalue weighted by Crippen LogP contribution is -2.76. The molecular weight excluding hydrogens is 354 g/mol. The molecule has 1 spiro atoms. The predicted octanol–water partition coefficient (Wildman–Crippen LogP) is 2.35. The third kappa shape index (κ3) is 3.46. The Labute approximate surface area is 167 Å². The molecule has 1 atom stereocenters. The Hall–Kier alpha value is -1.50. The number of ether oxygens (including phenoxy) is 2. The first-order valence-electron chi connectivity index (χ1n) is 10.9. The van der Waals surface area contributed by atoms with E-state index in [4.69, 9.17) is 9.47 Å². The van der Waals surface area contributed by atoms with Gasteiger partial charge in [-0.25, -0.2) is 0 Å². The first-order chi connectivity index (χ1) is 13.8. The van der Waals surface area contributed by atoms with Crippen molar-refractivity contribution < 1.29 is 14.3 Å². The molecule has 6 heteroatoms. The number of hydrogen-bond acceptors (Lipinski definition) is 5. The van der Waals surface area contributed by atoms with Gasteiger partial charge in [-0.2, -0.15) is 0 Å². The van der Waals surface area contributed by atoms with E-state index in [1.807, 2.05) is 23.1 Å². The van der Waals surface area contributed by atoms with Crippen LogP contribution in [-0.4, -0.2) is 77.8 Å². The molecule has 5 rings (SSSR count). The molecule has 0 N–H and O–H groups in total. The van der Waals surface area contributed by atoms with Crippen LogP contribution in [-0.2, 0) is 9.47 Å². The molecule has 1 amide bonds. The number of piperidine rings is 1. The minimum absolute atomic E-state index is 0.0640. The molecule has 0 aromatic carbocycles. The molecular formula is C22H31N3O3. The first-order valence-corrected chi connectivity index (χ1v) is 10.9. The smallest absolute Gasteiger partial charge is 0.272 e. The van der Waals surface area contributed by atoms with Gasteiger partial charge in [-0.1, -0.05) is 6.07 Å². The van der Waals surface area contributed by atoms with Crippen LogP contribution in [0, 0.1) is 5.92 Å². The summed E-state index contributed by atoms with van der Waals surface area (Å²) in [5.74, 6) is 0.876. The van der Waals surface area contributed by atoms with Crippen molar-refractivity contribution in [3.8, 4) is 0 Å². The van der Waals surface area contributed by atoms with E-state index in [0.717, 1.165) is 71.1 Å². The minimum atomic E-state index is 0.0640. The van der Waals surface area contributed by atoms with Gasteiger partial charge in [0.25, 0.3) is 5.91 Å². The topological polar surface area (TPSA) is 54.9 Å². The lowest BCUT2D eigenvalue weighted by atomic mass is 9.73. The Bertz CT molecular complexity index is 680. The zero-order chi connectivity index (χ0) is 19.0. The van der Waals surface area contributed by atoms with Crippen LogP contribution in [0.3, 0.4) is 0 Å². The Balaban J connectivity index is 1.20. The highest BCUT2D eigenvalue weighted by molar-refractivity contribution is 5.92. The van der Waals surface area contributed by atoms with Gasteiger partial charge in [0.1, 0.15) is 5.69 Å². The molecule has 1 unspecified atom stereocenters. The Morgan fingerprint density at radius 3 is 2.64 bits per heavy atom. The molecule has 6 nitrogen and oxygen atoms in total. The molecule has 1 aliphatic carbocycles. The van der Waals surface area contributed by atoms with E-state index in [1.54, 1.807) is 6.20 Å². The summed E-state index contributed by atoms with van der Waals surface area (Å²) in [6.45, 7) is 5.31. The van der Waals surface area contributed by atoms with E-state index in [-0.39, 0.29) is 11.4 Å². The summed E-state index contributed by atoms with van der Waals surface area (Å²) in [6, 6.07) is 6.08. The Morgan fingerprint density at radius 1 is 1.18 bits per heavy atom. The van der Waals surface area contributed by atoms with Gasteiger partial charge in [0.15, 0.2) is 0 Å². The van der Waals surface area contributed by atoms with E-state index in [0.29, 0.717) is 17.8 Å². The van der Waals surface area contributed by atoms with Crippen molar-refractivity contribution >= 4 is 5.91 Å². The van der Waals surface area contributed by atoms with Gasteiger partial charge in [-0.05, 0) is 56.6 Å². The van der Waals surface area contributed by atoms with Gasteiger partial charge in [0.2, 0.25) is 0 Å². The van der Waals surface area contributed by atoms with Crippen LogP contribution in [0.25, 0.3) is 0 Å². The summed E-state index contributed by atoms with van der Waals surface area (Å²) in [7, 11) is 0. The van der Waals surface area contributed by atoms with E-state index in [9.17, 15) is 4.79 Å². The fourth-order valence-corrected chi connectivity index (χ4v) is 5.23. The molecule has 0 radical (unpaired) electrons. The van der Waals surface area contributed by atoms with E-state index >= 15 is 0 Å². The summed E-state index contributed by atoms with van der Waals surface area (Å²) in [4.78, 5) is 21.6. The zero-order valence-corrected chi connectivity index (χ0v) is 16.6. The number of pyridine rings is 1. The summed E-state index contributed by atoms with van der Waals surface area (Å²) < 4.78 is 12.0. The second-order valence-electron chi connectivity index (χ2n) is 8.87. The highest BCUT2D eigenvalue weighted by atomic mass is 16.5. The summed E-state index contributed by atoms with van der Waals surface area (Å²) >= 11 is 0. The number of likely N-dealkylation sites (tertiary alicyclic amines) is 2. The third-order valence-corrected chi connectivity index (χ3v) is 7.20. The lowest BCUT2D eigenvalue weighted by Gasteiger charge is -2.63. The van der Waals surface area contributed by atoms with Crippen molar-refractivity contribution in [3.63, 3.8) is 0 Å². The first kappa shape index (κ1) is 18.5. The third-order valence-electron chi connectivity index (χ3n) is 7.20. The summed E-state index contributed by atoms with van der Waals surface area (Å²) in [5.41, 5.74) is 0.727. The monoisotopic (exact) mass is 385 g/mol. The molecule has 0 bridgehead atoms. The maximum atomic E-state index is 12.7. The van der Waals surface area contributed by atoms with Crippen LogP contribution in [0.1, 0.15) is 49.0 Å². The predicted molar refractivity (Wildman–Crippen MR) is 105 cm³/mol. The Kier molecular flexibility index (Phi) is 5.11. The summed E-state index contributed by atoms with van der Waals surface area (Å²) in [6.07, 6.45) is 8.98. The quantitative estimate of drug-likeness (QED) is 0.779. The van der Waals surface area contributed by atoms with Gasteiger partial charge in [0.05, 0.1) is 11.6 Å². The van der Waals surface area contributed by atoms with Crippen molar-refractivity contribution in [2.45, 2.75) is 56.2 Å². The highest BCUT2D eigenvalue weighted by Crippen LogP contribution is 2.45. The van der Waals surface area contributed by atoms with E-state index < -0.39 is 0 Å². The van der Waals surface area contributed by atoms with Crippen LogP contribution in [0.4, 0.5) is 0 Å². The van der Waals surface area contributed by atoms with Crippen LogP contribution in [0.2, 0.25) is 0 Å². The van der Waals surface area contributed by atoms with Crippen LogP contribution in [0.15, 0.2) is 24.4 Å². The van der Waals surface area contributed by atoms with Gasteiger partial charge in [-0.3, -0.25) is 14.7 Å². The fourth-order valence-electron chi connectivity index (χ4n) is 5.23. The average molecular weight is 386 g/mol. The standard InChI is InChI=1S/C22H31N3O3/c26-21(19-3-1-2-10-23-19)24-11-6-18(7-12-24)25-15-20(28-16-17-4-5-17)22(25)8-13-27-14-9-22/h1-3,10,17-18,20H,4-9,11-16H2. The van der Waals surface area contributed by atoms with Crippen LogP contribution < -0.4 is 0 Å². The molecule has 1 aromatic rings. The fraction of sp³-hybridized carbons (Fsp3) is 0.727. The molecule has 4 fully saturated rings. The Morgan fingerprint density at radius 2 is 1.96 bits per heavy atom. The molecule has 4 aliphatic rings. The van der Waals surface area contributed by atoms with Gasteiger partial charge in [0, 0.05) is 51.7 Å². The number of hydrogen-bond donors (Lipinski definition) is 0. The van der Waals surface area contributed by atoms with E-state index in [2.05, 4.69) is 9.88 Å². The lowest BCUT2D eigenvalue weighted by molar-refractivity contribution is -0.217. The van der Waals surface area contributed by atoms with Crippen molar-refractivity contribution in [2.75, 3.05) is 39.5 Å². The zero-order valence-electron chi connectivity index (χ0n) is 16.6. The van der Waals surface area contributed by atoms with Crippen molar-refractivity contribution in [2.24, 2.45) is 5.92 Å². The number of nitrogens with zero attached hydrogens (tertiary/aromatic N) is 3. The summed E-state index contributed by atoms with van der Waals surface area (Å²) in [5, 5.41) is 0. The van der Waals surface area contributed by atoms with Gasteiger partial charge >= 0.3 is 0 Å². The maximum Gasteiger partial charge on any atom is 0.272 e. The number of aromatic nitrogens is 1. The number of amides is 1. The van der Waals surface area contributed by atoms with Crippen LogP contribution in [0.5, 0.6) is 0 Å². The number of rotatable bonds is 5. The number of carbonyl (C=O) groups is 1. The van der Waals surface area contributed by atoms with Gasteiger partial charge in [-0.15, -0.1) is 0 Å². The molecule has 4 heterocycles. The molecule has 152 valence electrons. The highest BCUT2D eigenvalue weighted by Gasteiger charge is 2.57. The van der Waals surface area contributed by atoms with Crippen molar-refractivity contribution in [1.82, 2.24) is 14.8 Å². The molecule has 1 saturated carbocycles. The van der Waals surface area contributed by atoms with Crippen molar-refractivity contribution in [1.29, 1.82) is 0 Å². The second-order valence-corrected chi connectivity index (χ2v) is 8.87. The molecule has 3 aliphatic heterocycles. The average Bonchev–Trinajstić information content (AvgIpc) is 3.58. The molecule has 3 saturated heterocycles. The molecule has 28 heavy (non-hydrogen) atoms. The largest absolute Gasteiger partial charge is 0.381 e. The number of carbonyl (C=O) groups excluding carboxylic acids is 1.